The number of aromatic amines is 1. The number of H-pyrrole nitrogens is 1. The zero-order valence-corrected chi connectivity index (χ0v) is 12.6. The Morgan fingerprint density at radius 2 is 1.95 bits per heavy atom. The fraction of sp³-hybridized carbons (Fsp3) is 0.125. The van der Waals surface area contributed by atoms with Gasteiger partial charge in [0.2, 0.25) is 5.91 Å². The number of para-hydroxylation sites is 1. The van der Waals surface area contributed by atoms with Gasteiger partial charge in [-0.15, -0.1) is 11.3 Å². The SMILES string of the molecule is O=C(CCc1c[nH]c2ccccc12)NNC(=O)c1cccs1. The number of nitrogens with one attached hydrogen (secondary N) is 3. The highest BCUT2D eigenvalue weighted by Gasteiger charge is 2.09. The van der Waals surface area contributed by atoms with E-state index in [1.807, 2.05) is 35.8 Å². The summed E-state index contributed by atoms with van der Waals surface area (Å²) in [6.45, 7) is 0. The van der Waals surface area contributed by atoms with Gasteiger partial charge in [-0.05, 0) is 29.5 Å². The van der Waals surface area contributed by atoms with E-state index in [2.05, 4.69) is 15.8 Å². The molecule has 0 radical (unpaired) electrons. The lowest BCUT2D eigenvalue weighted by Gasteiger charge is -2.06. The number of benzene rings is 1. The number of carbonyl (C=O) groups excluding carboxylic acids is 2. The van der Waals surface area contributed by atoms with Gasteiger partial charge < -0.3 is 4.98 Å². The number of thiophene rings is 1. The van der Waals surface area contributed by atoms with Crippen LogP contribution in [0.3, 0.4) is 0 Å². The summed E-state index contributed by atoms with van der Waals surface area (Å²) in [7, 11) is 0. The van der Waals surface area contributed by atoms with Crippen molar-refractivity contribution in [2.75, 3.05) is 0 Å². The summed E-state index contributed by atoms with van der Waals surface area (Å²) in [4.78, 5) is 27.3. The van der Waals surface area contributed by atoms with Crippen LogP contribution in [0.5, 0.6) is 0 Å². The minimum absolute atomic E-state index is 0.213. The highest BCUT2D eigenvalue weighted by molar-refractivity contribution is 7.12. The fourth-order valence-electron chi connectivity index (χ4n) is 2.24. The molecule has 0 unspecified atom stereocenters. The van der Waals surface area contributed by atoms with E-state index in [0.717, 1.165) is 16.5 Å². The molecular formula is C16H15N3O2S. The fourth-order valence-corrected chi connectivity index (χ4v) is 2.86. The molecule has 0 aliphatic heterocycles. The van der Waals surface area contributed by atoms with Crippen molar-refractivity contribution >= 4 is 34.1 Å². The second-order valence-corrected chi connectivity index (χ2v) is 5.79. The molecule has 0 spiro atoms. The van der Waals surface area contributed by atoms with E-state index in [-0.39, 0.29) is 11.8 Å². The molecule has 3 N–H and O–H groups in total. The molecule has 2 aromatic heterocycles. The third-order valence-electron chi connectivity index (χ3n) is 3.36. The molecule has 0 aliphatic carbocycles. The van der Waals surface area contributed by atoms with Gasteiger partial charge in [-0.25, -0.2) is 0 Å². The van der Waals surface area contributed by atoms with Crippen molar-refractivity contribution in [3.63, 3.8) is 0 Å². The minimum atomic E-state index is -0.296. The summed E-state index contributed by atoms with van der Waals surface area (Å²) in [5.74, 6) is -0.509. The largest absolute Gasteiger partial charge is 0.361 e. The van der Waals surface area contributed by atoms with Crippen LogP contribution in [0.15, 0.2) is 48.0 Å². The van der Waals surface area contributed by atoms with Crippen LogP contribution < -0.4 is 10.9 Å². The average molecular weight is 313 g/mol. The zero-order valence-electron chi connectivity index (χ0n) is 11.8. The number of aryl methyl sites for hydroxylation is 1. The number of aromatic nitrogens is 1. The van der Waals surface area contributed by atoms with Crippen LogP contribution in [-0.4, -0.2) is 16.8 Å². The number of fused-ring (bicyclic) bond motifs is 1. The second kappa shape index (κ2) is 6.44. The molecule has 0 saturated heterocycles. The number of amides is 2. The first-order valence-electron chi connectivity index (χ1n) is 6.92. The first-order valence-corrected chi connectivity index (χ1v) is 7.79. The number of rotatable bonds is 4. The molecule has 0 bridgehead atoms. The Kier molecular flexibility index (Phi) is 4.20. The third-order valence-corrected chi connectivity index (χ3v) is 4.23. The predicted octanol–water partition coefficient (Wildman–Crippen LogP) is 2.62. The Morgan fingerprint density at radius 3 is 2.77 bits per heavy atom. The van der Waals surface area contributed by atoms with Gasteiger partial charge in [-0.1, -0.05) is 24.3 Å². The lowest BCUT2D eigenvalue weighted by molar-refractivity contribution is -0.121. The molecule has 5 nitrogen and oxygen atoms in total. The van der Waals surface area contributed by atoms with Crippen molar-refractivity contribution in [2.24, 2.45) is 0 Å². The summed E-state index contributed by atoms with van der Waals surface area (Å²) in [5, 5.41) is 2.94. The van der Waals surface area contributed by atoms with E-state index in [4.69, 9.17) is 0 Å². The van der Waals surface area contributed by atoms with E-state index >= 15 is 0 Å². The lowest BCUT2D eigenvalue weighted by atomic mass is 10.1. The maximum atomic E-state index is 11.8. The third kappa shape index (κ3) is 3.17. The average Bonchev–Trinajstić information content (AvgIpc) is 3.20. The van der Waals surface area contributed by atoms with Crippen molar-refractivity contribution < 1.29 is 9.59 Å². The van der Waals surface area contributed by atoms with Gasteiger partial charge in [0.25, 0.3) is 5.91 Å². The van der Waals surface area contributed by atoms with Gasteiger partial charge in [0.15, 0.2) is 0 Å². The number of carbonyl (C=O) groups is 2. The van der Waals surface area contributed by atoms with Crippen LogP contribution in [0.25, 0.3) is 10.9 Å². The predicted molar refractivity (Wildman–Crippen MR) is 86.5 cm³/mol. The maximum Gasteiger partial charge on any atom is 0.279 e. The zero-order chi connectivity index (χ0) is 15.4. The summed E-state index contributed by atoms with van der Waals surface area (Å²) >= 11 is 1.33. The first kappa shape index (κ1) is 14.3. The molecular weight excluding hydrogens is 298 g/mol. The highest BCUT2D eigenvalue weighted by atomic mass is 32.1. The molecule has 2 amide bonds. The Balaban J connectivity index is 1.51. The minimum Gasteiger partial charge on any atom is -0.361 e. The molecule has 0 aliphatic rings. The summed E-state index contributed by atoms with van der Waals surface area (Å²) in [6.07, 6.45) is 2.85. The molecule has 3 aromatic rings. The summed E-state index contributed by atoms with van der Waals surface area (Å²) in [5.41, 5.74) is 7.01. The smallest absolute Gasteiger partial charge is 0.279 e. The molecule has 2 heterocycles. The number of hydrogen-bond acceptors (Lipinski definition) is 3. The van der Waals surface area contributed by atoms with Crippen LogP contribution in [0.1, 0.15) is 21.7 Å². The monoisotopic (exact) mass is 313 g/mol. The number of hydrogen-bond donors (Lipinski definition) is 3. The van der Waals surface area contributed by atoms with Gasteiger partial charge >= 0.3 is 0 Å². The molecule has 1 aromatic carbocycles. The van der Waals surface area contributed by atoms with Crippen molar-refractivity contribution in [3.05, 3.63) is 58.4 Å². The first-order chi connectivity index (χ1) is 10.7. The van der Waals surface area contributed by atoms with Crippen molar-refractivity contribution in [2.45, 2.75) is 12.8 Å². The van der Waals surface area contributed by atoms with Crippen molar-refractivity contribution in [1.29, 1.82) is 0 Å². The van der Waals surface area contributed by atoms with Crippen LogP contribution in [-0.2, 0) is 11.2 Å². The Labute approximate surface area is 131 Å². The van der Waals surface area contributed by atoms with Gasteiger partial charge in [0, 0.05) is 23.5 Å². The lowest BCUT2D eigenvalue weighted by Crippen LogP contribution is -2.41. The molecule has 22 heavy (non-hydrogen) atoms. The van der Waals surface area contributed by atoms with E-state index in [1.54, 1.807) is 12.1 Å². The van der Waals surface area contributed by atoms with Gasteiger partial charge in [-0.2, -0.15) is 0 Å². The topological polar surface area (TPSA) is 74.0 Å². The molecule has 3 rings (SSSR count). The quantitative estimate of drug-likeness (QED) is 0.648. The van der Waals surface area contributed by atoms with E-state index in [1.165, 1.54) is 11.3 Å². The normalized spacial score (nSPS) is 10.5. The van der Waals surface area contributed by atoms with Gasteiger partial charge in [0.05, 0.1) is 4.88 Å². The van der Waals surface area contributed by atoms with Crippen LogP contribution in [0, 0.1) is 0 Å². The van der Waals surface area contributed by atoms with Crippen molar-refractivity contribution in [1.82, 2.24) is 15.8 Å². The molecule has 0 saturated carbocycles. The van der Waals surface area contributed by atoms with Crippen LogP contribution >= 0.6 is 11.3 Å². The van der Waals surface area contributed by atoms with Crippen LogP contribution in [0.4, 0.5) is 0 Å². The summed E-state index contributed by atoms with van der Waals surface area (Å²) in [6, 6.07) is 11.5. The van der Waals surface area contributed by atoms with Crippen molar-refractivity contribution in [3.8, 4) is 0 Å². The van der Waals surface area contributed by atoms with E-state index in [0.29, 0.717) is 17.7 Å². The Bertz CT molecular complexity index is 793. The van der Waals surface area contributed by atoms with E-state index < -0.39 is 0 Å². The second-order valence-electron chi connectivity index (χ2n) is 4.84. The maximum absolute atomic E-state index is 11.8. The van der Waals surface area contributed by atoms with Gasteiger partial charge in [0.1, 0.15) is 0 Å². The standard InChI is InChI=1S/C16H15N3O2S/c20-15(18-19-16(21)14-6-3-9-22-14)8-7-11-10-17-13-5-2-1-4-12(11)13/h1-6,9-10,17H,7-8H2,(H,18,20)(H,19,21). The van der Waals surface area contributed by atoms with E-state index in [9.17, 15) is 9.59 Å². The molecule has 0 atom stereocenters. The molecule has 112 valence electrons. The number of hydrazine groups is 1. The molecule has 6 heteroatoms. The van der Waals surface area contributed by atoms with Gasteiger partial charge in [-0.3, -0.25) is 20.4 Å². The van der Waals surface area contributed by atoms with Crippen LogP contribution in [0.2, 0.25) is 0 Å². The highest BCUT2D eigenvalue weighted by Crippen LogP contribution is 2.18. The molecule has 0 fully saturated rings. The Morgan fingerprint density at radius 1 is 1.09 bits per heavy atom. The summed E-state index contributed by atoms with van der Waals surface area (Å²) < 4.78 is 0. The Hall–Kier alpha value is -2.60.